The Kier molecular flexibility index (Phi) is 3.66. The Bertz CT molecular complexity index is 327. The van der Waals surface area contributed by atoms with E-state index in [2.05, 4.69) is 20.7 Å². The molecule has 0 saturated heterocycles. The van der Waals surface area contributed by atoms with Gasteiger partial charge in [0.1, 0.15) is 5.75 Å². The number of benzene rings is 1. The smallest absolute Gasteiger partial charge is 0.405 e. The number of alkyl halides is 4. The first-order chi connectivity index (χ1) is 6.44. The Morgan fingerprint density at radius 2 is 2.00 bits per heavy atom. The molecule has 0 saturated carbocycles. The van der Waals surface area contributed by atoms with Gasteiger partial charge in [-0.25, -0.2) is 0 Å². The largest absolute Gasteiger partial charge is 0.573 e. The maximum Gasteiger partial charge on any atom is 0.573 e. The van der Waals surface area contributed by atoms with Crippen LogP contribution in [0.3, 0.4) is 0 Å². The molecule has 78 valence electrons. The van der Waals surface area contributed by atoms with Crippen LogP contribution in [0.5, 0.6) is 5.75 Å². The van der Waals surface area contributed by atoms with Crippen molar-refractivity contribution in [2.75, 3.05) is 0 Å². The van der Waals surface area contributed by atoms with E-state index in [4.69, 9.17) is 11.6 Å². The van der Waals surface area contributed by atoms with Crippen LogP contribution >= 0.6 is 27.5 Å². The van der Waals surface area contributed by atoms with E-state index in [1.807, 2.05) is 0 Å². The molecule has 0 fully saturated rings. The molecule has 0 aliphatic carbocycles. The van der Waals surface area contributed by atoms with Crippen molar-refractivity contribution in [1.29, 1.82) is 0 Å². The Labute approximate surface area is 91.9 Å². The Morgan fingerprint density at radius 1 is 1.36 bits per heavy atom. The van der Waals surface area contributed by atoms with E-state index in [1.165, 1.54) is 12.1 Å². The second-order valence-corrected chi connectivity index (χ2v) is 3.52. The minimum atomic E-state index is -4.69. The quantitative estimate of drug-likeness (QED) is 0.745. The molecule has 0 bridgehead atoms. The van der Waals surface area contributed by atoms with Crippen molar-refractivity contribution in [2.24, 2.45) is 0 Å². The highest BCUT2D eigenvalue weighted by Crippen LogP contribution is 2.32. The van der Waals surface area contributed by atoms with Crippen molar-refractivity contribution in [2.45, 2.75) is 12.2 Å². The Morgan fingerprint density at radius 3 is 2.50 bits per heavy atom. The summed E-state index contributed by atoms with van der Waals surface area (Å²) >= 11 is 8.57. The molecule has 0 heterocycles. The van der Waals surface area contributed by atoms with E-state index < -0.39 is 6.36 Å². The molecule has 1 aromatic rings. The Hall–Kier alpha value is -0.420. The van der Waals surface area contributed by atoms with E-state index in [0.29, 0.717) is 4.47 Å². The van der Waals surface area contributed by atoms with Gasteiger partial charge in [0.05, 0.1) is 5.88 Å². The fourth-order valence-electron chi connectivity index (χ4n) is 0.889. The zero-order chi connectivity index (χ0) is 10.8. The fourth-order valence-corrected chi connectivity index (χ4v) is 1.81. The van der Waals surface area contributed by atoms with Gasteiger partial charge in [-0.2, -0.15) is 0 Å². The van der Waals surface area contributed by atoms with Crippen LogP contribution in [0, 0.1) is 0 Å². The van der Waals surface area contributed by atoms with Crippen LogP contribution in [0.15, 0.2) is 22.7 Å². The second kappa shape index (κ2) is 4.40. The van der Waals surface area contributed by atoms with Crippen molar-refractivity contribution < 1.29 is 17.9 Å². The highest BCUT2D eigenvalue weighted by molar-refractivity contribution is 9.10. The van der Waals surface area contributed by atoms with Crippen molar-refractivity contribution in [3.8, 4) is 5.75 Å². The van der Waals surface area contributed by atoms with E-state index in [0.717, 1.165) is 0 Å². The van der Waals surface area contributed by atoms with Crippen LogP contribution in [0.2, 0.25) is 0 Å². The van der Waals surface area contributed by atoms with Crippen LogP contribution in [-0.2, 0) is 5.88 Å². The molecule has 0 aliphatic rings. The van der Waals surface area contributed by atoms with Gasteiger partial charge in [0.25, 0.3) is 0 Å². The number of hydrogen-bond donors (Lipinski definition) is 0. The molecular formula is C8H5BrClF3O. The predicted octanol–water partition coefficient (Wildman–Crippen LogP) is 4.09. The average molecular weight is 289 g/mol. The van der Waals surface area contributed by atoms with E-state index in [1.54, 1.807) is 6.07 Å². The molecule has 1 nitrogen and oxygen atoms in total. The molecule has 0 unspecified atom stereocenters. The molecule has 0 amide bonds. The van der Waals surface area contributed by atoms with Gasteiger partial charge in [-0.15, -0.1) is 24.8 Å². The summed E-state index contributed by atoms with van der Waals surface area (Å²) in [4.78, 5) is 0. The lowest BCUT2D eigenvalue weighted by molar-refractivity contribution is -0.274. The third-order valence-corrected chi connectivity index (χ3v) is 2.45. The molecule has 0 aliphatic heterocycles. The minimum absolute atomic E-state index is 0.0488. The average Bonchev–Trinajstić information content (AvgIpc) is 2.01. The van der Waals surface area contributed by atoms with Gasteiger partial charge in [0.15, 0.2) is 0 Å². The van der Waals surface area contributed by atoms with Gasteiger partial charge >= 0.3 is 6.36 Å². The summed E-state index contributed by atoms with van der Waals surface area (Å²) < 4.78 is 40.0. The van der Waals surface area contributed by atoms with Crippen molar-refractivity contribution in [1.82, 2.24) is 0 Å². The van der Waals surface area contributed by atoms with Crippen molar-refractivity contribution >= 4 is 27.5 Å². The monoisotopic (exact) mass is 288 g/mol. The minimum Gasteiger partial charge on any atom is -0.405 e. The highest BCUT2D eigenvalue weighted by Gasteiger charge is 2.32. The summed E-state index contributed by atoms with van der Waals surface area (Å²) in [5, 5.41) is 0. The highest BCUT2D eigenvalue weighted by atomic mass is 79.9. The normalized spacial score (nSPS) is 11.5. The van der Waals surface area contributed by atoms with Crippen LogP contribution in [0.4, 0.5) is 13.2 Å². The summed E-state index contributed by atoms with van der Waals surface area (Å²) in [6, 6.07) is 4.26. The van der Waals surface area contributed by atoms with Gasteiger partial charge in [-0.1, -0.05) is 22.0 Å². The summed E-state index contributed by atoms with van der Waals surface area (Å²) in [5.74, 6) is -0.325. The molecule has 1 rings (SSSR count). The molecule has 0 atom stereocenters. The molecule has 0 N–H and O–H groups in total. The maximum atomic E-state index is 11.9. The first kappa shape index (κ1) is 11.7. The predicted molar refractivity (Wildman–Crippen MR) is 50.4 cm³/mol. The van der Waals surface area contributed by atoms with Crippen LogP contribution in [0.1, 0.15) is 5.56 Å². The second-order valence-electron chi connectivity index (χ2n) is 2.40. The standard InChI is InChI=1S/C8H5BrClF3O/c9-6-2-1-3-7(5(6)4-10)14-8(11,12)13/h1-3H,4H2. The van der Waals surface area contributed by atoms with Gasteiger partial charge in [-0.05, 0) is 12.1 Å². The summed E-state index contributed by atoms with van der Waals surface area (Å²) in [7, 11) is 0. The summed E-state index contributed by atoms with van der Waals surface area (Å²) in [6.45, 7) is 0. The molecular weight excluding hydrogens is 284 g/mol. The number of rotatable bonds is 2. The fraction of sp³-hybridized carbons (Fsp3) is 0.250. The summed E-state index contributed by atoms with van der Waals surface area (Å²) in [6.07, 6.45) is -4.69. The SMILES string of the molecule is FC(F)(F)Oc1cccc(Br)c1CCl. The molecule has 1 aromatic carbocycles. The lowest BCUT2D eigenvalue weighted by atomic mass is 10.2. The number of halogens is 5. The molecule has 6 heteroatoms. The molecule has 0 spiro atoms. The molecule has 0 radical (unpaired) electrons. The van der Waals surface area contributed by atoms with Gasteiger partial charge in [-0.3, -0.25) is 0 Å². The van der Waals surface area contributed by atoms with E-state index in [9.17, 15) is 13.2 Å². The molecule has 0 aromatic heterocycles. The topological polar surface area (TPSA) is 9.23 Å². The first-order valence-electron chi connectivity index (χ1n) is 3.53. The van der Waals surface area contributed by atoms with Gasteiger partial charge < -0.3 is 4.74 Å². The van der Waals surface area contributed by atoms with Crippen molar-refractivity contribution in [3.05, 3.63) is 28.2 Å². The number of ether oxygens (including phenoxy) is 1. The van der Waals surface area contributed by atoms with Crippen molar-refractivity contribution in [3.63, 3.8) is 0 Å². The third kappa shape index (κ3) is 3.06. The van der Waals surface area contributed by atoms with E-state index >= 15 is 0 Å². The van der Waals surface area contributed by atoms with Gasteiger partial charge in [0.2, 0.25) is 0 Å². The third-order valence-electron chi connectivity index (χ3n) is 1.44. The maximum absolute atomic E-state index is 11.9. The van der Waals surface area contributed by atoms with Crippen LogP contribution in [0.25, 0.3) is 0 Å². The summed E-state index contributed by atoms with van der Waals surface area (Å²) in [5.41, 5.74) is 0.284. The lowest BCUT2D eigenvalue weighted by Gasteiger charge is -2.12. The zero-order valence-electron chi connectivity index (χ0n) is 6.74. The number of hydrogen-bond acceptors (Lipinski definition) is 1. The van der Waals surface area contributed by atoms with Gasteiger partial charge in [0, 0.05) is 10.0 Å². The Balaban J connectivity index is 3.02. The lowest BCUT2D eigenvalue weighted by Crippen LogP contribution is -2.18. The zero-order valence-corrected chi connectivity index (χ0v) is 9.08. The molecule has 14 heavy (non-hydrogen) atoms. The first-order valence-corrected chi connectivity index (χ1v) is 4.86. The van der Waals surface area contributed by atoms with E-state index in [-0.39, 0.29) is 17.2 Å². The van der Waals surface area contributed by atoms with Crippen LogP contribution in [-0.4, -0.2) is 6.36 Å². The van der Waals surface area contributed by atoms with Crippen LogP contribution < -0.4 is 4.74 Å².